The monoisotopic (exact) mass is 413 g/mol. The maximum Gasteiger partial charge on any atom is 0.229 e. The zero-order valence-electron chi connectivity index (χ0n) is 18.6. The number of benzene rings is 1. The Morgan fingerprint density at radius 3 is 2.52 bits per heavy atom. The number of ether oxygens (including phenoxy) is 1. The first-order chi connectivity index (χ1) is 13.6. The van der Waals surface area contributed by atoms with Gasteiger partial charge in [0.15, 0.2) is 8.32 Å². The van der Waals surface area contributed by atoms with Crippen molar-refractivity contribution in [3.05, 3.63) is 48.0 Å². The van der Waals surface area contributed by atoms with Gasteiger partial charge in [0, 0.05) is 6.54 Å². The van der Waals surface area contributed by atoms with Crippen LogP contribution in [0, 0.1) is 5.92 Å². The molecule has 29 heavy (non-hydrogen) atoms. The second kappa shape index (κ2) is 7.07. The predicted molar refractivity (Wildman–Crippen MR) is 118 cm³/mol. The SMILES string of the molecule is CC[C@@H]1[C@H](O[Si](C)(C)C(C)(C)C)[C@]23C=C[C@H](C[C@H]2C(=O)N1Cc1ccccc1)O3. The average molecular weight is 414 g/mol. The van der Waals surface area contributed by atoms with Crippen LogP contribution in [0.15, 0.2) is 42.5 Å². The molecule has 3 heterocycles. The van der Waals surface area contributed by atoms with E-state index in [0.717, 1.165) is 12.8 Å². The molecule has 0 aliphatic carbocycles. The van der Waals surface area contributed by atoms with Gasteiger partial charge in [0.05, 0.1) is 24.2 Å². The van der Waals surface area contributed by atoms with Gasteiger partial charge in [-0.25, -0.2) is 0 Å². The molecule has 2 bridgehead atoms. The lowest BCUT2D eigenvalue weighted by atomic mass is 9.72. The number of likely N-dealkylation sites (tertiary alicyclic amines) is 1. The summed E-state index contributed by atoms with van der Waals surface area (Å²) in [5.74, 6) is 0.0846. The minimum Gasteiger partial charge on any atom is -0.409 e. The molecule has 0 saturated carbocycles. The summed E-state index contributed by atoms with van der Waals surface area (Å²) in [6.07, 6.45) is 5.85. The molecule has 0 aromatic heterocycles. The van der Waals surface area contributed by atoms with Crippen LogP contribution in [0.4, 0.5) is 0 Å². The van der Waals surface area contributed by atoms with Crippen LogP contribution in [-0.2, 0) is 20.5 Å². The summed E-state index contributed by atoms with van der Waals surface area (Å²) in [5, 5.41) is 0.101. The fraction of sp³-hybridized carbons (Fsp3) is 0.625. The molecule has 1 aromatic carbocycles. The summed E-state index contributed by atoms with van der Waals surface area (Å²) in [5.41, 5.74) is 0.575. The van der Waals surface area contributed by atoms with E-state index in [4.69, 9.17) is 9.16 Å². The van der Waals surface area contributed by atoms with Gasteiger partial charge >= 0.3 is 0 Å². The van der Waals surface area contributed by atoms with Crippen LogP contribution in [0.1, 0.15) is 46.1 Å². The molecular weight excluding hydrogens is 378 g/mol. The van der Waals surface area contributed by atoms with Crippen molar-refractivity contribution >= 4 is 14.2 Å². The maximum atomic E-state index is 13.6. The number of hydrogen-bond donors (Lipinski definition) is 0. The van der Waals surface area contributed by atoms with Gasteiger partial charge in [-0.15, -0.1) is 0 Å². The van der Waals surface area contributed by atoms with Gasteiger partial charge < -0.3 is 14.1 Å². The second-order valence-electron chi connectivity index (χ2n) is 10.4. The molecule has 1 aromatic rings. The van der Waals surface area contributed by atoms with Gasteiger partial charge in [0.1, 0.15) is 5.60 Å². The molecule has 0 radical (unpaired) electrons. The van der Waals surface area contributed by atoms with Gasteiger partial charge in [0.2, 0.25) is 5.91 Å². The predicted octanol–water partition coefficient (Wildman–Crippen LogP) is 4.91. The van der Waals surface area contributed by atoms with E-state index in [-0.39, 0.29) is 35.1 Å². The Balaban J connectivity index is 1.73. The molecule has 158 valence electrons. The summed E-state index contributed by atoms with van der Waals surface area (Å²) >= 11 is 0. The van der Waals surface area contributed by atoms with E-state index < -0.39 is 13.9 Å². The summed E-state index contributed by atoms with van der Waals surface area (Å²) in [4.78, 5) is 15.7. The van der Waals surface area contributed by atoms with Crippen molar-refractivity contribution in [1.29, 1.82) is 0 Å². The van der Waals surface area contributed by atoms with Crippen molar-refractivity contribution < 1.29 is 14.0 Å². The molecule has 1 amide bonds. The fourth-order valence-electron chi connectivity index (χ4n) is 4.90. The molecule has 2 saturated heterocycles. The Hall–Kier alpha value is -1.43. The van der Waals surface area contributed by atoms with Gasteiger partial charge in [-0.05, 0) is 36.5 Å². The highest BCUT2D eigenvalue weighted by Crippen LogP contribution is 2.53. The zero-order valence-corrected chi connectivity index (χ0v) is 19.6. The van der Waals surface area contributed by atoms with Crippen molar-refractivity contribution in [3.63, 3.8) is 0 Å². The third kappa shape index (κ3) is 3.31. The molecule has 5 heteroatoms. The summed E-state index contributed by atoms with van der Waals surface area (Å²) in [7, 11) is -2.05. The van der Waals surface area contributed by atoms with E-state index in [1.807, 2.05) is 18.2 Å². The molecule has 3 aliphatic rings. The van der Waals surface area contributed by atoms with E-state index >= 15 is 0 Å². The Morgan fingerprint density at radius 2 is 1.93 bits per heavy atom. The number of amides is 1. The molecule has 5 atom stereocenters. The number of fused-ring (bicyclic) bond motifs is 1. The summed E-state index contributed by atoms with van der Waals surface area (Å²) in [6.45, 7) is 14.2. The standard InChI is InChI=1S/C24H35NO3Si/c1-7-20-21(28-29(5,6)23(2,3)4)24-14-13-18(27-24)15-19(24)22(26)25(20)16-17-11-9-8-10-12-17/h8-14,18-21H,7,15-16H2,1-6H3/t18-,19+,20-,21+,24+/m1/s1. The average Bonchev–Trinajstić information content (AvgIpc) is 3.25. The van der Waals surface area contributed by atoms with Crippen LogP contribution in [0.25, 0.3) is 0 Å². The topological polar surface area (TPSA) is 38.8 Å². The molecule has 4 nitrogen and oxygen atoms in total. The minimum absolute atomic E-state index is 0.00887. The van der Waals surface area contributed by atoms with E-state index in [9.17, 15) is 4.79 Å². The van der Waals surface area contributed by atoms with Crippen LogP contribution >= 0.6 is 0 Å². The van der Waals surface area contributed by atoms with Crippen molar-refractivity contribution in [2.24, 2.45) is 5.92 Å². The number of hydrogen-bond acceptors (Lipinski definition) is 3. The highest BCUT2D eigenvalue weighted by atomic mass is 28.4. The van der Waals surface area contributed by atoms with Crippen LogP contribution in [0.5, 0.6) is 0 Å². The highest BCUT2D eigenvalue weighted by Gasteiger charge is 2.65. The lowest BCUT2D eigenvalue weighted by molar-refractivity contribution is -0.173. The first-order valence-electron chi connectivity index (χ1n) is 11.0. The molecule has 2 fully saturated rings. The highest BCUT2D eigenvalue weighted by molar-refractivity contribution is 6.74. The normalized spacial score (nSPS) is 34.0. The van der Waals surface area contributed by atoms with Crippen LogP contribution in [0.3, 0.4) is 0 Å². The third-order valence-corrected chi connectivity index (χ3v) is 12.0. The first-order valence-corrected chi connectivity index (χ1v) is 13.9. The smallest absolute Gasteiger partial charge is 0.229 e. The number of nitrogens with zero attached hydrogens (tertiary/aromatic N) is 1. The number of rotatable bonds is 5. The largest absolute Gasteiger partial charge is 0.409 e. The first kappa shape index (κ1) is 20.8. The third-order valence-electron chi connectivity index (χ3n) is 7.56. The fourth-order valence-corrected chi connectivity index (χ4v) is 6.23. The lowest BCUT2D eigenvalue weighted by Crippen LogP contribution is -2.68. The van der Waals surface area contributed by atoms with E-state index in [2.05, 4.69) is 70.0 Å². The number of carbonyl (C=O) groups is 1. The number of carbonyl (C=O) groups excluding carboxylic acids is 1. The Morgan fingerprint density at radius 1 is 1.24 bits per heavy atom. The van der Waals surface area contributed by atoms with E-state index in [1.165, 1.54) is 5.56 Å². The van der Waals surface area contributed by atoms with Gasteiger partial charge in [0.25, 0.3) is 0 Å². The second-order valence-corrected chi connectivity index (χ2v) is 15.1. The molecule has 4 rings (SSSR count). The molecule has 1 spiro atoms. The molecule has 0 unspecified atom stereocenters. The Bertz CT molecular complexity index is 800. The van der Waals surface area contributed by atoms with E-state index in [1.54, 1.807) is 0 Å². The molecule has 3 aliphatic heterocycles. The maximum absolute atomic E-state index is 13.6. The quantitative estimate of drug-likeness (QED) is 0.508. The minimum atomic E-state index is -2.05. The van der Waals surface area contributed by atoms with Crippen molar-refractivity contribution in [2.45, 2.75) is 89.1 Å². The molecular formula is C24H35NO3Si. The van der Waals surface area contributed by atoms with Crippen LogP contribution in [-0.4, -0.2) is 43.0 Å². The summed E-state index contributed by atoms with van der Waals surface area (Å²) in [6, 6.07) is 10.3. The number of piperidine rings is 1. The van der Waals surface area contributed by atoms with E-state index in [0.29, 0.717) is 6.54 Å². The van der Waals surface area contributed by atoms with Crippen LogP contribution < -0.4 is 0 Å². The van der Waals surface area contributed by atoms with Gasteiger partial charge in [-0.3, -0.25) is 4.79 Å². The Kier molecular flexibility index (Phi) is 5.08. The van der Waals surface area contributed by atoms with Crippen molar-refractivity contribution in [3.8, 4) is 0 Å². The lowest BCUT2D eigenvalue weighted by Gasteiger charge is -2.54. The van der Waals surface area contributed by atoms with Gasteiger partial charge in [-0.2, -0.15) is 0 Å². The van der Waals surface area contributed by atoms with Crippen molar-refractivity contribution in [1.82, 2.24) is 4.90 Å². The molecule has 0 N–H and O–H groups in total. The van der Waals surface area contributed by atoms with Crippen LogP contribution in [0.2, 0.25) is 18.1 Å². The Labute approximate surface area is 176 Å². The zero-order chi connectivity index (χ0) is 21.0. The van der Waals surface area contributed by atoms with Gasteiger partial charge in [-0.1, -0.05) is 70.2 Å². The van der Waals surface area contributed by atoms with Crippen molar-refractivity contribution in [2.75, 3.05) is 0 Å². The summed E-state index contributed by atoms with van der Waals surface area (Å²) < 4.78 is 13.5.